The quantitative estimate of drug-likeness (QED) is 0.179. The minimum Gasteiger partial charge on any atom is -0.395 e. The molecule has 1 aromatic carbocycles. The van der Waals surface area contributed by atoms with Crippen molar-refractivity contribution in [2.45, 2.75) is 50.9 Å². The topological polar surface area (TPSA) is 149 Å². The van der Waals surface area contributed by atoms with Crippen LogP contribution in [0.4, 0.5) is 4.39 Å². The number of benzene rings is 1. The van der Waals surface area contributed by atoms with Crippen molar-refractivity contribution in [3.8, 4) is 23.4 Å². The van der Waals surface area contributed by atoms with Crippen molar-refractivity contribution in [2.75, 3.05) is 39.4 Å². The molecule has 12 nitrogen and oxygen atoms in total. The number of ether oxygens (including phenoxy) is 1. The molecule has 4 heterocycles. The first-order valence-corrected chi connectivity index (χ1v) is 19.0. The van der Waals surface area contributed by atoms with Crippen LogP contribution >= 0.6 is 0 Å². The second kappa shape index (κ2) is 14.3. The van der Waals surface area contributed by atoms with Gasteiger partial charge >= 0.3 is 0 Å². The van der Waals surface area contributed by atoms with Crippen LogP contribution in [0.5, 0.6) is 0 Å². The standard InChI is InChI=1S/C32H38FN9O3Si/c1-46(2,3)13-12-45-22-41-9-7-28-30(36-21-37-31(28)41)24-16-38-42(17-24)25(6-8-34)18-39-10-11-40(19-26(39)20-43)32(44)27-5-4-23(15-35)14-29(27)33/h4-5,7,9,14,16-17,21,25-26,43H,6,10-13,18-20,22H2,1-3H3. The van der Waals surface area contributed by atoms with Crippen molar-refractivity contribution >= 4 is 25.0 Å². The molecule has 1 aliphatic heterocycles. The second-order valence-electron chi connectivity index (χ2n) is 12.7. The molecule has 1 fully saturated rings. The van der Waals surface area contributed by atoms with Gasteiger partial charge in [0.2, 0.25) is 0 Å². The van der Waals surface area contributed by atoms with Crippen molar-refractivity contribution in [1.29, 1.82) is 10.5 Å². The Morgan fingerprint density at radius 3 is 2.76 bits per heavy atom. The number of carbonyl (C=O) groups is 1. The third-order valence-corrected chi connectivity index (χ3v) is 9.94. The van der Waals surface area contributed by atoms with Gasteiger partial charge in [0.25, 0.3) is 5.91 Å². The predicted octanol–water partition coefficient (Wildman–Crippen LogP) is 3.89. The lowest BCUT2D eigenvalue weighted by Crippen LogP contribution is -2.57. The fraction of sp³-hybridized carbons (Fsp3) is 0.438. The Bertz CT molecular complexity index is 1770. The summed E-state index contributed by atoms with van der Waals surface area (Å²) in [5.74, 6) is -1.24. The fourth-order valence-corrected chi connectivity index (χ4v) is 6.33. The number of amides is 1. The first-order valence-electron chi connectivity index (χ1n) is 15.2. The maximum Gasteiger partial charge on any atom is 0.256 e. The summed E-state index contributed by atoms with van der Waals surface area (Å²) in [5.41, 5.74) is 2.30. The fourth-order valence-electron chi connectivity index (χ4n) is 5.58. The van der Waals surface area contributed by atoms with Gasteiger partial charge in [0.15, 0.2) is 0 Å². The summed E-state index contributed by atoms with van der Waals surface area (Å²) < 4.78 is 24.2. The molecule has 1 amide bonds. The highest BCUT2D eigenvalue weighted by Gasteiger charge is 2.32. The molecule has 46 heavy (non-hydrogen) atoms. The maximum atomic E-state index is 14.5. The van der Waals surface area contributed by atoms with Crippen LogP contribution in [0.3, 0.4) is 0 Å². The van der Waals surface area contributed by atoms with Crippen molar-refractivity contribution in [2.24, 2.45) is 0 Å². The van der Waals surface area contributed by atoms with Gasteiger partial charge in [-0.3, -0.25) is 14.4 Å². The summed E-state index contributed by atoms with van der Waals surface area (Å²) >= 11 is 0. The molecule has 5 rings (SSSR count). The van der Waals surface area contributed by atoms with Crippen molar-refractivity contribution in [1.82, 2.24) is 34.1 Å². The van der Waals surface area contributed by atoms with Gasteiger partial charge in [-0.1, -0.05) is 19.6 Å². The zero-order valence-electron chi connectivity index (χ0n) is 26.3. The van der Waals surface area contributed by atoms with Gasteiger partial charge < -0.3 is 19.3 Å². The molecule has 0 bridgehead atoms. The monoisotopic (exact) mass is 643 g/mol. The minimum atomic E-state index is -1.19. The number of aliphatic hydroxyl groups is 1. The first-order chi connectivity index (χ1) is 22.1. The van der Waals surface area contributed by atoms with Gasteiger partial charge in [-0.05, 0) is 30.3 Å². The molecular weight excluding hydrogens is 605 g/mol. The Balaban J connectivity index is 1.27. The van der Waals surface area contributed by atoms with Crippen molar-refractivity contribution < 1.29 is 19.0 Å². The van der Waals surface area contributed by atoms with Crippen LogP contribution in [0.2, 0.25) is 25.7 Å². The van der Waals surface area contributed by atoms with Gasteiger partial charge in [-0.15, -0.1) is 0 Å². The smallest absolute Gasteiger partial charge is 0.256 e. The molecule has 1 aliphatic rings. The molecule has 240 valence electrons. The minimum absolute atomic E-state index is 0.112. The van der Waals surface area contributed by atoms with Gasteiger partial charge in [-0.2, -0.15) is 15.6 Å². The molecule has 0 radical (unpaired) electrons. The number of carbonyl (C=O) groups excluding carboxylic acids is 1. The number of hydrogen-bond donors (Lipinski definition) is 1. The van der Waals surface area contributed by atoms with E-state index in [4.69, 9.17) is 10.00 Å². The van der Waals surface area contributed by atoms with Crippen LogP contribution in [0.1, 0.15) is 28.4 Å². The average molecular weight is 644 g/mol. The molecular formula is C32H38FN9O3Si. The Morgan fingerprint density at radius 1 is 1.22 bits per heavy atom. The van der Waals surface area contributed by atoms with Crippen LogP contribution in [-0.2, 0) is 11.5 Å². The largest absolute Gasteiger partial charge is 0.395 e. The average Bonchev–Trinajstić information content (AvgIpc) is 3.70. The molecule has 0 spiro atoms. The lowest BCUT2D eigenvalue weighted by molar-refractivity contribution is 0.0261. The zero-order valence-corrected chi connectivity index (χ0v) is 27.3. The van der Waals surface area contributed by atoms with E-state index in [1.165, 1.54) is 23.4 Å². The molecule has 0 aliphatic carbocycles. The summed E-state index contributed by atoms with van der Waals surface area (Å²) in [4.78, 5) is 25.7. The number of rotatable bonds is 12. The molecule has 1 N–H and O–H groups in total. The van der Waals surface area contributed by atoms with E-state index < -0.39 is 25.8 Å². The molecule has 2 atom stereocenters. The van der Waals surface area contributed by atoms with Crippen molar-refractivity contribution in [3.63, 3.8) is 0 Å². The highest BCUT2D eigenvalue weighted by atomic mass is 28.3. The molecule has 1 saturated heterocycles. The number of aromatic nitrogens is 5. The summed E-state index contributed by atoms with van der Waals surface area (Å²) in [6, 6.07) is 10.2. The Morgan fingerprint density at radius 2 is 2.04 bits per heavy atom. The molecule has 2 unspecified atom stereocenters. The lowest BCUT2D eigenvalue weighted by atomic mass is 10.1. The van der Waals surface area contributed by atoms with E-state index >= 15 is 0 Å². The zero-order chi connectivity index (χ0) is 32.8. The van der Waals surface area contributed by atoms with Crippen LogP contribution in [0.25, 0.3) is 22.3 Å². The number of nitriles is 2. The normalized spacial score (nSPS) is 16.3. The van der Waals surface area contributed by atoms with Gasteiger partial charge in [0.1, 0.15) is 24.5 Å². The van der Waals surface area contributed by atoms with E-state index in [0.717, 1.165) is 34.4 Å². The Kier molecular flexibility index (Phi) is 10.2. The van der Waals surface area contributed by atoms with E-state index in [1.54, 1.807) is 10.9 Å². The molecule has 3 aromatic heterocycles. The van der Waals surface area contributed by atoms with E-state index in [2.05, 4.69) is 40.8 Å². The van der Waals surface area contributed by atoms with E-state index in [0.29, 0.717) is 33.0 Å². The second-order valence-corrected chi connectivity index (χ2v) is 18.3. The summed E-state index contributed by atoms with van der Waals surface area (Å²) in [6.45, 7) is 9.19. The molecule has 4 aromatic rings. The summed E-state index contributed by atoms with van der Waals surface area (Å²) in [6.07, 6.45) is 7.23. The Hall–Kier alpha value is -4.47. The SMILES string of the molecule is C[Si](C)(C)CCOCn1ccc2c(-c3cnn(C(CC#N)CN4CCN(C(=O)c5ccc(C#N)cc5F)CC4CO)c3)ncnc21. The molecule has 14 heteroatoms. The van der Waals surface area contributed by atoms with Crippen LogP contribution in [-0.4, -0.2) is 98.6 Å². The lowest BCUT2D eigenvalue weighted by Gasteiger charge is -2.41. The highest BCUT2D eigenvalue weighted by Crippen LogP contribution is 2.28. The third-order valence-electron chi connectivity index (χ3n) is 8.24. The first kappa shape index (κ1) is 32.9. The third kappa shape index (κ3) is 7.49. The van der Waals surface area contributed by atoms with Gasteiger partial charge in [0, 0.05) is 64.2 Å². The number of fused-ring (bicyclic) bond motifs is 1. The van der Waals surface area contributed by atoms with Gasteiger partial charge in [0.05, 0.1) is 60.3 Å². The van der Waals surface area contributed by atoms with E-state index in [-0.39, 0.29) is 36.7 Å². The van der Waals surface area contributed by atoms with Crippen LogP contribution in [0.15, 0.2) is 49.2 Å². The number of hydrogen-bond acceptors (Lipinski definition) is 9. The van der Waals surface area contributed by atoms with Gasteiger partial charge in [-0.25, -0.2) is 14.4 Å². The maximum absolute atomic E-state index is 14.5. The number of aliphatic hydroxyl groups excluding tert-OH is 1. The Labute approximate surface area is 268 Å². The van der Waals surface area contributed by atoms with E-state index in [9.17, 15) is 19.6 Å². The number of piperazine rings is 1. The summed E-state index contributed by atoms with van der Waals surface area (Å²) in [5, 5.41) is 34.3. The van der Waals surface area contributed by atoms with Crippen LogP contribution in [0, 0.1) is 28.5 Å². The van der Waals surface area contributed by atoms with Crippen molar-refractivity contribution in [3.05, 3.63) is 66.1 Å². The summed E-state index contributed by atoms with van der Waals surface area (Å²) in [7, 11) is -1.19. The predicted molar refractivity (Wildman–Crippen MR) is 172 cm³/mol. The van der Waals surface area contributed by atoms with E-state index in [1.807, 2.05) is 34.0 Å². The highest BCUT2D eigenvalue weighted by molar-refractivity contribution is 6.76. The van der Waals surface area contributed by atoms with Crippen LogP contribution < -0.4 is 0 Å². The number of halogens is 1. The number of nitrogens with zero attached hydrogens (tertiary/aromatic N) is 9. The molecule has 0 saturated carbocycles.